The fourth-order valence-electron chi connectivity index (χ4n) is 3.00. The number of nitrogens with one attached hydrogen (secondary N) is 1. The third-order valence-corrected chi connectivity index (χ3v) is 4.23. The standard InChI is InChI=1S/C17H22N4O3/c1-13-7-19-21(9-13)11-16(22)18-8-14-3-2-5-20(10-14)17(23)15-4-6-24-12-15/h4,6-7,9,12,14H,2-3,5,8,10-11H2,1H3,(H,18,22). The first-order valence-electron chi connectivity index (χ1n) is 8.19. The van der Waals surface area contributed by atoms with Crippen molar-refractivity contribution in [1.29, 1.82) is 0 Å². The Morgan fingerprint density at radius 1 is 1.46 bits per heavy atom. The number of aromatic nitrogens is 2. The van der Waals surface area contributed by atoms with Crippen LogP contribution in [0.2, 0.25) is 0 Å². The Morgan fingerprint density at radius 2 is 2.33 bits per heavy atom. The number of likely N-dealkylation sites (tertiary alicyclic amines) is 1. The second-order valence-corrected chi connectivity index (χ2v) is 6.29. The van der Waals surface area contributed by atoms with Gasteiger partial charge in [0.15, 0.2) is 0 Å². The van der Waals surface area contributed by atoms with Crippen molar-refractivity contribution in [2.75, 3.05) is 19.6 Å². The second kappa shape index (κ2) is 7.33. The molecule has 0 saturated carbocycles. The van der Waals surface area contributed by atoms with Crippen molar-refractivity contribution >= 4 is 11.8 Å². The summed E-state index contributed by atoms with van der Waals surface area (Å²) >= 11 is 0. The van der Waals surface area contributed by atoms with E-state index in [-0.39, 0.29) is 24.3 Å². The lowest BCUT2D eigenvalue weighted by Crippen LogP contribution is -2.44. The summed E-state index contributed by atoms with van der Waals surface area (Å²) in [4.78, 5) is 26.2. The van der Waals surface area contributed by atoms with Gasteiger partial charge in [-0.25, -0.2) is 0 Å². The molecule has 1 atom stereocenters. The SMILES string of the molecule is Cc1cnn(CC(=O)NCC2CCCN(C(=O)c3ccoc3)C2)c1. The normalized spacial score (nSPS) is 17.7. The van der Waals surface area contributed by atoms with Crippen molar-refractivity contribution in [2.24, 2.45) is 5.92 Å². The molecule has 3 heterocycles. The smallest absolute Gasteiger partial charge is 0.257 e. The predicted octanol–water partition coefficient (Wildman–Crippen LogP) is 1.45. The first-order chi connectivity index (χ1) is 11.6. The largest absolute Gasteiger partial charge is 0.472 e. The van der Waals surface area contributed by atoms with Crippen LogP contribution in [-0.4, -0.2) is 46.1 Å². The third kappa shape index (κ3) is 4.04. The van der Waals surface area contributed by atoms with Gasteiger partial charge in [-0.1, -0.05) is 0 Å². The summed E-state index contributed by atoms with van der Waals surface area (Å²) in [5.41, 5.74) is 1.61. The van der Waals surface area contributed by atoms with Crippen LogP contribution in [0, 0.1) is 12.8 Å². The molecule has 24 heavy (non-hydrogen) atoms. The summed E-state index contributed by atoms with van der Waals surface area (Å²) in [6, 6.07) is 1.68. The van der Waals surface area contributed by atoms with E-state index < -0.39 is 0 Å². The molecule has 128 valence electrons. The van der Waals surface area contributed by atoms with Crippen molar-refractivity contribution in [1.82, 2.24) is 20.0 Å². The number of furan rings is 1. The Labute approximate surface area is 140 Å². The minimum Gasteiger partial charge on any atom is -0.472 e. The van der Waals surface area contributed by atoms with Crippen molar-refractivity contribution in [3.63, 3.8) is 0 Å². The molecule has 0 aliphatic carbocycles. The zero-order chi connectivity index (χ0) is 16.9. The van der Waals surface area contributed by atoms with Crippen LogP contribution in [0.3, 0.4) is 0 Å². The van der Waals surface area contributed by atoms with Gasteiger partial charge < -0.3 is 14.6 Å². The van der Waals surface area contributed by atoms with Crippen molar-refractivity contribution in [3.05, 3.63) is 42.1 Å². The summed E-state index contributed by atoms with van der Waals surface area (Å²) in [6.45, 7) is 4.15. The molecule has 0 aromatic carbocycles. The molecule has 2 aromatic heterocycles. The highest BCUT2D eigenvalue weighted by Crippen LogP contribution is 2.18. The van der Waals surface area contributed by atoms with Gasteiger partial charge in [0, 0.05) is 25.8 Å². The number of aryl methyl sites for hydroxylation is 1. The number of carbonyl (C=O) groups is 2. The van der Waals surface area contributed by atoms with E-state index in [0.29, 0.717) is 18.7 Å². The quantitative estimate of drug-likeness (QED) is 0.900. The van der Waals surface area contributed by atoms with Crippen LogP contribution >= 0.6 is 0 Å². The van der Waals surface area contributed by atoms with Gasteiger partial charge >= 0.3 is 0 Å². The summed E-state index contributed by atoms with van der Waals surface area (Å²) in [5.74, 6) is 0.209. The average Bonchev–Trinajstić information content (AvgIpc) is 3.24. The van der Waals surface area contributed by atoms with E-state index in [1.807, 2.05) is 18.0 Å². The zero-order valence-electron chi connectivity index (χ0n) is 13.8. The Hall–Kier alpha value is -2.57. The van der Waals surface area contributed by atoms with Gasteiger partial charge in [-0.05, 0) is 37.3 Å². The number of amides is 2. The van der Waals surface area contributed by atoms with Gasteiger partial charge in [0.05, 0.1) is 18.0 Å². The molecule has 3 rings (SSSR count). The summed E-state index contributed by atoms with van der Waals surface area (Å²) in [7, 11) is 0. The van der Waals surface area contributed by atoms with Crippen molar-refractivity contribution in [3.8, 4) is 0 Å². The summed E-state index contributed by atoms with van der Waals surface area (Å²) < 4.78 is 6.60. The molecule has 7 heteroatoms. The number of hydrogen-bond acceptors (Lipinski definition) is 4. The van der Waals surface area contributed by atoms with E-state index in [9.17, 15) is 9.59 Å². The van der Waals surface area contributed by atoms with E-state index in [4.69, 9.17) is 4.42 Å². The van der Waals surface area contributed by atoms with Crippen LogP contribution in [0.1, 0.15) is 28.8 Å². The van der Waals surface area contributed by atoms with Crippen LogP contribution in [0.25, 0.3) is 0 Å². The number of carbonyl (C=O) groups excluding carboxylic acids is 2. The Balaban J connectivity index is 1.47. The summed E-state index contributed by atoms with van der Waals surface area (Å²) in [6.07, 6.45) is 8.50. The van der Waals surface area contributed by atoms with Crippen LogP contribution < -0.4 is 5.32 Å². The Morgan fingerprint density at radius 3 is 3.04 bits per heavy atom. The molecule has 7 nitrogen and oxygen atoms in total. The Kier molecular flexibility index (Phi) is 4.98. The second-order valence-electron chi connectivity index (χ2n) is 6.29. The van der Waals surface area contributed by atoms with Crippen LogP contribution in [0.5, 0.6) is 0 Å². The minimum absolute atomic E-state index is 0.00760. The van der Waals surface area contributed by atoms with Crippen molar-refractivity contribution in [2.45, 2.75) is 26.3 Å². The van der Waals surface area contributed by atoms with E-state index in [0.717, 1.165) is 24.9 Å². The van der Waals surface area contributed by atoms with Gasteiger partial charge in [0.1, 0.15) is 12.8 Å². The van der Waals surface area contributed by atoms with Gasteiger partial charge in [-0.3, -0.25) is 14.3 Å². The average molecular weight is 330 g/mol. The molecular formula is C17H22N4O3. The van der Waals surface area contributed by atoms with Crippen LogP contribution in [0.4, 0.5) is 0 Å². The fourth-order valence-corrected chi connectivity index (χ4v) is 3.00. The van der Waals surface area contributed by atoms with Crippen LogP contribution in [0.15, 0.2) is 35.4 Å². The minimum atomic E-state index is -0.0589. The lowest BCUT2D eigenvalue weighted by Gasteiger charge is -2.32. The predicted molar refractivity (Wildman–Crippen MR) is 87.3 cm³/mol. The molecule has 0 spiro atoms. The van der Waals surface area contributed by atoms with Crippen molar-refractivity contribution < 1.29 is 14.0 Å². The molecule has 2 amide bonds. The first-order valence-corrected chi connectivity index (χ1v) is 8.19. The maximum Gasteiger partial charge on any atom is 0.257 e. The third-order valence-electron chi connectivity index (χ3n) is 4.23. The number of rotatable bonds is 5. The Bertz CT molecular complexity index is 693. The van der Waals surface area contributed by atoms with Crippen LogP contribution in [-0.2, 0) is 11.3 Å². The topological polar surface area (TPSA) is 80.4 Å². The molecule has 1 fully saturated rings. The number of hydrogen-bond donors (Lipinski definition) is 1. The highest BCUT2D eigenvalue weighted by Gasteiger charge is 2.25. The lowest BCUT2D eigenvalue weighted by atomic mass is 9.97. The first kappa shape index (κ1) is 16.3. The molecular weight excluding hydrogens is 308 g/mol. The molecule has 1 saturated heterocycles. The number of piperidine rings is 1. The summed E-state index contributed by atoms with van der Waals surface area (Å²) in [5, 5.41) is 7.06. The van der Waals surface area contributed by atoms with Gasteiger partial charge in [-0.15, -0.1) is 0 Å². The number of nitrogens with zero attached hydrogens (tertiary/aromatic N) is 3. The molecule has 1 N–H and O–H groups in total. The monoisotopic (exact) mass is 330 g/mol. The molecule has 1 aliphatic rings. The van der Waals surface area contributed by atoms with E-state index in [2.05, 4.69) is 10.4 Å². The maximum atomic E-state index is 12.4. The van der Waals surface area contributed by atoms with Gasteiger partial charge in [-0.2, -0.15) is 5.10 Å². The molecule has 2 aromatic rings. The van der Waals surface area contributed by atoms with Gasteiger partial charge in [0.25, 0.3) is 5.91 Å². The fraction of sp³-hybridized carbons (Fsp3) is 0.471. The van der Waals surface area contributed by atoms with E-state index in [1.165, 1.54) is 12.5 Å². The van der Waals surface area contributed by atoms with E-state index in [1.54, 1.807) is 16.9 Å². The van der Waals surface area contributed by atoms with E-state index >= 15 is 0 Å². The zero-order valence-corrected chi connectivity index (χ0v) is 13.8. The molecule has 1 aliphatic heterocycles. The molecule has 0 radical (unpaired) electrons. The highest BCUT2D eigenvalue weighted by molar-refractivity contribution is 5.93. The molecule has 1 unspecified atom stereocenters. The molecule has 0 bridgehead atoms. The highest BCUT2D eigenvalue weighted by atomic mass is 16.3. The lowest BCUT2D eigenvalue weighted by molar-refractivity contribution is -0.122. The van der Waals surface area contributed by atoms with Gasteiger partial charge in [0.2, 0.25) is 5.91 Å². The maximum absolute atomic E-state index is 12.4.